The molecule has 0 unspecified atom stereocenters. The van der Waals surface area contributed by atoms with Gasteiger partial charge < -0.3 is 0 Å². The van der Waals surface area contributed by atoms with Gasteiger partial charge in [0.25, 0.3) is 0 Å². The van der Waals surface area contributed by atoms with Crippen molar-refractivity contribution in [2.75, 3.05) is 0 Å². The van der Waals surface area contributed by atoms with Crippen molar-refractivity contribution in [3.8, 4) is 0 Å². The molecule has 0 spiro atoms. The normalized spacial score (nSPS) is 11.4. The van der Waals surface area contributed by atoms with Gasteiger partial charge in [-0.2, -0.15) is 0 Å². The van der Waals surface area contributed by atoms with Crippen LogP contribution in [0.5, 0.6) is 0 Å². The standard InChI is InChI=1S/C11H13NO2/c1-2-6-11(9-12(13)14)10-7-4-3-5-8-10/h3-5,7-9H,2,6H2,1H3/b11-9-. The van der Waals surface area contributed by atoms with Gasteiger partial charge in [-0.05, 0) is 12.0 Å². The maximum absolute atomic E-state index is 10.4. The van der Waals surface area contributed by atoms with Crippen molar-refractivity contribution in [2.24, 2.45) is 0 Å². The Labute approximate surface area is 83.2 Å². The molecule has 0 aromatic heterocycles. The minimum Gasteiger partial charge on any atom is -0.259 e. The van der Waals surface area contributed by atoms with Crippen LogP contribution in [0.15, 0.2) is 36.5 Å². The lowest BCUT2D eigenvalue weighted by Gasteiger charge is -2.02. The summed E-state index contributed by atoms with van der Waals surface area (Å²) in [5.74, 6) is 0. The highest BCUT2D eigenvalue weighted by molar-refractivity contribution is 5.64. The third kappa shape index (κ3) is 3.01. The smallest absolute Gasteiger partial charge is 0.238 e. The molecule has 1 rings (SSSR count). The molecule has 0 amide bonds. The second kappa shape index (κ2) is 5.17. The van der Waals surface area contributed by atoms with E-state index < -0.39 is 4.92 Å². The first-order valence-electron chi connectivity index (χ1n) is 4.63. The molecule has 0 fully saturated rings. The Balaban J connectivity index is 2.94. The fourth-order valence-electron chi connectivity index (χ4n) is 1.33. The van der Waals surface area contributed by atoms with E-state index in [9.17, 15) is 10.1 Å². The zero-order valence-corrected chi connectivity index (χ0v) is 8.14. The summed E-state index contributed by atoms with van der Waals surface area (Å²) < 4.78 is 0. The quantitative estimate of drug-likeness (QED) is 0.542. The van der Waals surface area contributed by atoms with Gasteiger partial charge in [0.2, 0.25) is 6.20 Å². The Morgan fingerprint density at radius 3 is 2.57 bits per heavy atom. The second-order valence-corrected chi connectivity index (χ2v) is 3.06. The van der Waals surface area contributed by atoms with Gasteiger partial charge in [-0.25, -0.2) is 0 Å². The number of benzene rings is 1. The van der Waals surface area contributed by atoms with Crippen LogP contribution in [0.1, 0.15) is 25.3 Å². The largest absolute Gasteiger partial charge is 0.259 e. The fraction of sp³-hybridized carbons (Fsp3) is 0.273. The first kappa shape index (κ1) is 10.4. The van der Waals surface area contributed by atoms with Crippen molar-refractivity contribution in [3.63, 3.8) is 0 Å². The van der Waals surface area contributed by atoms with Gasteiger partial charge in [0.15, 0.2) is 0 Å². The number of allylic oxidation sites excluding steroid dienone is 1. The summed E-state index contributed by atoms with van der Waals surface area (Å²) in [5, 5.41) is 10.4. The SMILES string of the molecule is CCC/C(=C/[N+](=O)[O-])c1ccccc1. The van der Waals surface area contributed by atoms with Gasteiger partial charge in [-0.15, -0.1) is 0 Å². The average molecular weight is 191 g/mol. The highest BCUT2D eigenvalue weighted by Crippen LogP contribution is 2.19. The van der Waals surface area contributed by atoms with Crippen LogP contribution in [-0.2, 0) is 0 Å². The first-order valence-corrected chi connectivity index (χ1v) is 4.63. The van der Waals surface area contributed by atoms with E-state index in [1.807, 2.05) is 37.3 Å². The van der Waals surface area contributed by atoms with Gasteiger partial charge in [-0.3, -0.25) is 10.1 Å². The minimum absolute atomic E-state index is 0.391. The summed E-state index contributed by atoms with van der Waals surface area (Å²) in [6.07, 6.45) is 2.75. The van der Waals surface area contributed by atoms with Crippen molar-refractivity contribution in [1.82, 2.24) is 0 Å². The van der Waals surface area contributed by atoms with E-state index >= 15 is 0 Å². The van der Waals surface area contributed by atoms with E-state index in [0.717, 1.165) is 30.2 Å². The summed E-state index contributed by atoms with van der Waals surface area (Å²) >= 11 is 0. The summed E-state index contributed by atoms with van der Waals surface area (Å²) in [6, 6.07) is 9.47. The maximum Gasteiger partial charge on any atom is 0.238 e. The molecule has 3 heteroatoms. The number of hydrogen-bond acceptors (Lipinski definition) is 2. The van der Waals surface area contributed by atoms with E-state index in [-0.39, 0.29) is 0 Å². The molecule has 0 saturated carbocycles. The molecular weight excluding hydrogens is 178 g/mol. The van der Waals surface area contributed by atoms with Crippen LogP contribution in [0.25, 0.3) is 5.57 Å². The number of rotatable bonds is 4. The highest BCUT2D eigenvalue weighted by atomic mass is 16.6. The molecule has 3 nitrogen and oxygen atoms in total. The molecule has 0 aliphatic carbocycles. The monoisotopic (exact) mass is 191 g/mol. The Morgan fingerprint density at radius 2 is 2.07 bits per heavy atom. The molecule has 0 radical (unpaired) electrons. The van der Waals surface area contributed by atoms with E-state index in [2.05, 4.69) is 0 Å². The molecule has 0 heterocycles. The van der Waals surface area contributed by atoms with Gasteiger partial charge in [0.1, 0.15) is 0 Å². The minimum atomic E-state index is -0.391. The van der Waals surface area contributed by atoms with Gasteiger partial charge in [0.05, 0.1) is 4.92 Å². The van der Waals surface area contributed by atoms with Crippen LogP contribution in [0.4, 0.5) is 0 Å². The zero-order chi connectivity index (χ0) is 10.4. The molecule has 0 aliphatic heterocycles. The Bertz CT molecular complexity index is 330. The van der Waals surface area contributed by atoms with Gasteiger partial charge in [-0.1, -0.05) is 43.7 Å². The van der Waals surface area contributed by atoms with Crippen LogP contribution < -0.4 is 0 Å². The molecule has 74 valence electrons. The first-order chi connectivity index (χ1) is 6.74. The zero-order valence-electron chi connectivity index (χ0n) is 8.14. The average Bonchev–Trinajstić information content (AvgIpc) is 2.18. The molecule has 0 atom stereocenters. The lowest BCUT2D eigenvalue weighted by molar-refractivity contribution is -0.401. The van der Waals surface area contributed by atoms with E-state index in [1.165, 1.54) is 0 Å². The molecule has 1 aromatic rings. The molecule has 1 aromatic carbocycles. The molecule has 14 heavy (non-hydrogen) atoms. The molecule has 0 aliphatic rings. The van der Waals surface area contributed by atoms with E-state index in [0.29, 0.717) is 0 Å². The van der Waals surface area contributed by atoms with E-state index in [4.69, 9.17) is 0 Å². The lowest BCUT2D eigenvalue weighted by Crippen LogP contribution is -1.90. The molecular formula is C11H13NO2. The number of nitrogens with zero attached hydrogens (tertiary/aromatic N) is 1. The topological polar surface area (TPSA) is 43.1 Å². The highest BCUT2D eigenvalue weighted by Gasteiger charge is 2.04. The Kier molecular flexibility index (Phi) is 3.85. The van der Waals surface area contributed by atoms with Gasteiger partial charge in [0, 0.05) is 5.57 Å². The van der Waals surface area contributed by atoms with Crippen molar-refractivity contribution < 1.29 is 4.92 Å². The van der Waals surface area contributed by atoms with Crippen molar-refractivity contribution in [3.05, 3.63) is 52.2 Å². The van der Waals surface area contributed by atoms with Crippen molar-refractivity contribution in [2.45, 2.75) is 19.8 Å². The second-order valence-electron chi connectivity index (χ2n) is 3.06. The fourth-order valence-corrected chi connectivity index (χ4v) is 1.33. The third-order valence-electron chi connectivity index (χ3n) is 1.93. The van der Waals surface area contributed by atoms with Crippen LogP contribution in [0.3, 0.4) is 0 Å². The van der Waals surface area contributed by atoms with Gasteiger partial charge >= 0.3 is 0 Å². The summed E-state index contributed by atoms with van der Waals surface area (Å²) in [6.45, 7) is 2.01. The Morgan fingerprint density at radius 1 is 1.43 bits per heavy atom. The van der Waals surface area contributed by atoms with Crippen LogP contribution >= 0.6 is 0 Å². The third-order valence-corrected chi connectivity index (χ3v) is 1.93. The maximum atomic E-state index is 10.4. The lowest BCUT2D eigenvalue weighted by atomic mass is 10.0. The summed E-state index contributed by atoms with van der Waals surface area (Å²) in [4.78, 5) is 10.00. The summed E-state index contributed by atoms with van der Waals surface area (Å²) in [7, 11) is 0. The Hall–Kier alpha value is -1.64. The number of nitro groups is 1. The molecule has 0 saturated heterocycles. The molecule has 0 bridgehead atoms. The van der Waals surface area contributed by atoms with Crippen LogP contribution in [0.2, 0.25) is 0 Å². The van der Waals surface area contributed by atoms with Crippen LogP contribution in [0, 0.1) is 10.1 Å². The van der Waals surface area contributed by atoms with Crippen LogP contribution in [-0.4, -0.2) is 4.92 Å². The van der Waals surface area contributed by atoms with Crippen molar-refractivity contribution >= 4 is 5.57 Å². The number of hydrogen-bond donors (Lipinski definition) is 0. The predicted octanol–water partition coefficient (Wildman–Crippen LogP) is 3.10. The molecule has 0 N–H and O–H groups in total. The predicted molar refractivity (Wildman–Crippen MR) is 56.3 cm³/mol. The summed E-state index contributed by atoms with van der Waals surface area (Å²) in [5.41, 5.74) is 1.73. The van der Waals surface area contributed by atoms with Crippen molar-refractivity contribution in [1.29, 1.82) is 0 Å². The van der Waals surface area contributed by atoms with E-state index in [1.54, 1.807) is 0 Å².